The molecule has 0 radical (unpaired) electrons. The van der Waals surface area contributed by atoms with Gasteiger partial charge >= 0.3 is 0 Å². The summed E-state index contributed by atoms with van der Waals surface area (Å²) < 4.78 is 5.37. The van der Waals surface area contributed by atoms with Crippen molar-refractivity contribution in [3.05, 3.63) is 0 Å². The minimum atomic E-state index is 0.517. The fourth-order valence-corrected chi connectivity index (χ4v) is 2.97. The smallest absolute Gasteiger partial charge is 0.0601 e. The van der Waals surface area contributed by atoms with Crippen LogP contribution in [0.2, 0.25) is 0 Å². The van der Waals surface area contributed by atoms with Gasteiger partial charge in [-0.05, 0) is 58.8 Å². The lowest BCUT2D eigenvalue weighted by Crippen LogP contribution is -2.47. The first-order chi connectivity index (χ1) is 9.10. The van der Waals surface area contributed by atoms with E-state index in [0.717, 1.165) is 12.0 Å². The highest BCUT2D eigenvalue weighted by molar-refractivity contribution is 4.87. The molecular formula is C16H34N2O. The molecule has 0 N–H and O–H groups in total. The molecule has 0 heterocycles. The van der Waals surface area contributed by atoms with Crippen LogP contribution in [0.3, 0.4) is 0 Å². The Morgan fingerprint density at radius 3 is 2.37 bits per heavy atom. The predicted octanol–water partition coefficient (Wildman–Crippen LogP) is 2.85. The van der Waals surface area contributed by atoms with Crippen molar-refractivity contribution in [2.75, 3.05) is 40.8 Å². The van der Waals surface area contributed by atoms with Crippen LogP contribution >= 0.6 is 0 Å². The van der Waals surface area contributed by atoms with Gasteiger partial charge in [0.25, 0.3) is 0 Å². The molecule has 0 saturated heterocycles. The van der Waals surface area contributed by atoms with Gasteiger partial charge in [-0.3, -0.25) is 0 Å². The van der Waals surface area contributed by atoms with E-state index in [1.165, 1.54) is 51.7 Å². The normalized spacial score (nSPS) is 24.8. The molecule has 1 aliphatic carbocycles. The van der Waals surface area contributed by atoms with E-state index in [9.17, 15) is 0 Å². The average Bonchev–Trinajstić information content (AvgIpc) is 2.33. The lowest BCUT2D eigenvalue weighted by atomic mass is 9.87. The summed E-state index contributed by atoms with van der Waals surface area (Å²) in [5.74, 6) is 0.839. The first-order valence-electron chi connectivity index (χ1n) is 8.02. The molecule has 0 aromatic heterocycles. The minimum absolute atomic E-state index is 0.517. The molecule has 19 heavy (non-hydrogen) atoms. The third-order valence-electron chi connectivity index (χ3n) is 4.67. The largest absolute Gasteiger partial charge is 0.381 e. The molecule has 1 fully saturated rings. The van der Waals surface area contributed by atoms with Gasteiger partial charge in [-0.15, -0.1) is 0 Å². The second-order valence-corrected chi connectivity index (χ2v) is 6.29. The molecule has 1 atom stereocenters. The summed E-state index contributed by atoms with van der Waals surface area (Å²) in [5.41, 5.74) is 0. The highest BCUT2D eigenvalue weighted by atomic mass is 16.5. The van der Waals surface area contributed by atoms with Gasteiger partial charge in [0.05, 0.1) is 6.10 Å². The maximum Gasteiger partial charge on any atom is 0.0601 e. The van der Waals surface area contributed by atoms with E-state index in [4.69, 9.17) is 4.74 Å². The molecule has 1 rings (SSSR count). The molecule has 0 aromatic carbocycles. The van der Waals surface area contributed by atoms with E-state index in [2.05, 4.69) is 37.7 Å². The van der Waals surface area contributed by atoms with Crippen LogP contribution < -0.4 is 0 Å². The number of ether oxygens (including phenoxy) is 1. The van der Waals surface area contributed by atoms with Gasteiger partial charge in [-0.25, -0.2) is 0 Å². The van der Waals surface area contributed by atoms with Crippen molar-refractivity contribution in [1.82, 2.24) is 9.80 Å². The fraction of sp³-hybridized carbons (Fsp3) is 1.00. The van der Waals surface area contributed by atoms with Crippen molar-refractivity contribution >= 4 is 0 Å². The zero-order valence-electron chi connectivity index (χ0n) is 13.7. The van der Waals surface area contributed by atoms with Gasteiger partial charge in [0.1, 0.15) is 0 Å². The van der Waals surface area contributed by atoms with E-state index in [1.807, 2.05) is 7.11 Å². The number of hydrogen-bond acceptors (Lipinski definition) is 3. The third-order valence-corrected chi connectivity index (χ3v) is 4.67. The van der Waals surface area contributed by atoms with Crippen molar-refractivity contribution < 1.29 is 4.74 Å². The van der Waals surface area contributed by atoms with Crippen LogP contribution in [-0.2, 0) is 4.74 Å². The lowest BCUT2D eigenvalue weighted by Gasteiger charge is -2.41. The molecule has 3 nitrogen and oxygen atoms in total. The average molecular weight is 270 g/mol. The number of methoxy groups -OCH3 is 1. The number of rotatable bonds is 10. The Morgan fingerprint density at radius 1 is 1.16 bits per heavy atom. The molecule has 1 saturated carbocycles. The van der Waals surface area contributed by atoms with Gasteiger partial charge < -0.3 is 14.5 Å². The highest BCUT2D eigenvalue weighted by Crippen LogP contribution is 2.28. The molecule has 114 valence electrons. The summed E-state index contributed by atoms with van der Waals surface area (Å²) in [7, 11) is 6.36. The van der Waals surface area contributed by atoms with Crippen LogP contribution in [0.1, 0.15) is 46.0 Å². The van der Waals surface area contributed by atoms with E-state index in [-0.39, 0.29) is 0 Å². The molecule has 3 heteroatoms. The minimum Gasteiger partial charge on any atom is -0.381 e. The van der Waals surface area contributed by atoms with Crippen molar-refractivity contribution in [1.29, 1.82) is 0 Å². The van der Waals surface area contributed by atoms with E-state index < -0.39 is 0 Å². The van der Waals surface area contributed by atoms with Gasteiger partial charge in [0.15, 0.2) is 0 Å². The van der Waals surface area contributed by atoms with E-state index in [1.54, 1.807) is 0 Å². The monoisotopic (exact) mass is 270 g/mol. The van der Waals surface area contributed by atoms with Gasteiger partial charge in [0, 0.05) is 19.7 Å². The quantitative estimate of drug-likeness (QED) is 0.607. The molecule has 0 spiro atoms. The van der Waals surface area contributed by atoms with Crippen LogP contribution in [0, 0.1) is 5.92 Å². The van der Waals surface area contributed by atoms with Crippen molar-refractivity contribution in [3.63, 3.8) is 0 Å². The third kappa shape index (κ3) is 5.80. The Hall–Kier alpha value is -0.120. The fourth-order valence-electron chi connectivity index (χ4n) is 2.97. The molecule has 0 amide bonds. The lowest BCUT2D eigenvalue weighted by molar-refractivity contribution is -0.0236. The molecule has 0 aliphatic heterocycles. The van der Waals surface area contributed by atoms with E-state index in [0.29, 0.717) is 6.10 Å². The first-order valence-corrected chi connectivity index (χ1v) is 8.02. The van der Waals surface area contributed by atoms with Crippen LogP contribution in [0.4, 0.5) is 0 Å². The predicted molar refractivity (Wildman–Crippen MR) is 82.6 cm³/mol. The SMILES string of the molecule is CCCN(C)CCC(CC)CN(C)C1CC(OC)C1. The topological polar surface area (TPSA) is 15.7 Å². The van der Waals surface area contributed by atoms with Crippen LogP contribution in [-0.4, -0.2) is 62.8 Å². The summed E-state index contributed by atoms with van der Waals surface area (Å²) in [4.78, 5) is 5.02. The Balaban J connectivity index is 2.20. The molecule has 0 bridgehead atoms. The first kappa shape index (κ1) is 16.9. The summed E-state index contributed by atoms with van der Waals surface area (Å²) >= 11 is 0. The summed E-state index contributed by atoms with van der Waals surface area (Å²) in [6.45, 7) is 8.30. The highest BCUT2D eigenvalue weighted by Gasteiger charge is 2.32. The zero-order valence-corrected chi connectivity index (χ0v) is 13.7. The Labute approximate surface area is 120 Å². The van der Waals surface area contributed by atoms with Crippen molar-refractivity contribution in [3.8, 4) is 0 Å². The molecular weight excluding hydrogens is 236 g/mol. The van der Waals surface area contributed by atoms with Crippen molar-refractivity contribution in [2.45, 2.75) is 58.1 Å². The molecule has 1 unspecified atom stereocenters. The summed E-state index contributed by atoms with van der Waals surface area (Å²) in [6.07, 6.45) is 6.84. The van der Waals surface area contributed by atoms with E-state index >= 15 is 0 Å². The van der Waals surface area contributed by atoms with Gasteiger partial charge in [-0.1, -0.05) is 20.3 Å². The summed E-state index contributed by atoms with van der Waals surface area (Å²) in [5, 5.41) is 0. The molecule has 0 aromatic rings. The molecule has 1 aliphatic rings. The van der Waals surface area contributed by atoms with Crippen LogP contribution in [0.5, 0.6) is 0 Å². The Bertz CT molecular complexity index is 229. The number of hydrogen-bond donors (Lipinski definition) is 0. The van der Waals surface area contributed by atoms with Crippen LogP contribution in [0.15, 0.2) is 0 Å². The summed E-state index contributed by atoms with van der Waals surface area (Å²) in [6, 6.07) is 0.757. The van der Waals surface area contributed by atoms with Crippen LogP contribution in [0.25, 0.3) is 0 Å². The Kier molecular flexibility index (Phi) is 7.96. The Morgan fingerprint density at radius 2 is 1.84 bits per heavy atom. The second kappa shape index (κ2) is 8.93. The number of nitrogens with zero attached hydrogens (tertiary/aromatic N) is 2. The standard InChI is InChI=1S/C16H34N2O/c1-6-9-17(3)10-8-14(7-2)13-18(4)15-11-16(12-15)19-5/h14-16H,6-13H2,1-5H3. The van der Waals surface area contributed by atoms with Crippen molar-refractivity contribution in [2.24, 2.45) is 5.92 Å². The van der Waals surface area contributed by atoms with Gasteiger partial charge in [0.2, 0.25) is 0 Å². The second-order valence-electron chi connectivity index (χ2n) is 6.29. The van der Waals surface area contributed by atoms with Gasteiger partial charge in [-0.2, -0.15) is 0 Å². The maximum absolute atomic E-state index is 5.37. The zero-order chi connectivity index (χ0) is 14.3. The maximum atomic E-state index is 5.37.